The maximum absolute atomic E-state index is 10.5. The molecular formula is C23H31NO4. The first-order chi connectivity index (χ1) is 13.3. The number of hydrogen-bond donors (Lipinski definition) is 1. The molecule has 1 aliphatic heterocycles. The van der Waals surface area contributed by atoms with Crippen LogP contribution in [0, 0.1) is 6.92 Å². The molecule has 5 heteroatoms. The summed E-state index contributed by atoms with van der Waals surface area (Å²) in [7, 11) is 0. The highest BCUT2D eigenvalue weighted by atomic mass is 16.7. The minimum absolute atomic E-state index is 0.264. The molecule has 152 valence electrons. The van der Waals surface area contributed by atoms with E-state index in [1.54, 1.807) is 0 Å². The fourth-order valence-electron chi connectivity index (χ4n) is 3.13. The van der Waals surface area contributed by atoms with Gasteiger partial charge in [0, 0.05) is 19.6 Å². The maximum atomic E-state index is 10.5. The highest BCUT2D eigenvalue weighted by Gasteiger charge is 2.19. The van der Waals surface area contributed by atoms with Crippen LogP contribution in [0.2, 0.25) is 0 Å². The molecule has 2 aromatic rings. The summed E-state index contributed by atoms with van der Waals surface area (Å²) >= 11 is 0. The Labute approximate surface area is 167 Å². The van der Waals surface area contributed by atoms with E-state index in [-0.39, 0.29) is 12.4 Å². The Kier molecular flexibility index (Phi) is 6.60. The van der Waals surface area contributed by atoms with Crippen molar-refractivity contribution in [2.24, 2.45) is 0 Å². The van der Waals surface area contributed by atoms with E-state index < -0.39 is 6.10 Å². The minimum Gasteiger partial charge on any atom is -0.454 e. The van der Waals surface area contributed by atoms with Crippen LogP contribution in [0.1, 0.15) is 37.5 Å². The Morgan fingerprint density at radius 3 is 2.36 bits per heavy atom. The third-order valence-electron chi connectivity index (χ3n) is 4.55. The maximum Gasteiger partial charge on any atom is 0.231 e. The molecule has 1 N–H and O–H groups in total. The standard InChI is InChI=1S/C23H31NO4/c1-17-5-7-18(8-6-17)12-24(14-20(25)15-28-23(2,3)4)13-19-9-10-21-22(11-19)27-16-26-21/h5-11,20,25H,12-16H2,1-4H3/t20-/m0/s1. The third-order valence-corrected chi connectivity index (χ3v) is 4.55. The lowest BCUT2D eigenvalue weighted by atomic mass is 10.1. The van der Waals surface area contributed by atoms with Gasteiger partial charge in [0.1, 0.15) is 0 Å². The van der Waals surface area contributed by atoms with E-state index in [0.717, 1.165) is 23.6 Å². The van der Waals surface area contributed by atoms with Crippen molar-refractivity contribution >= 4 is 0 Å². The quantitative estimate of drug-likeness (QED) is 0.747. The summed E-state index contributed by atoms with van der Waals surface area (Å²) in [5.41, 5.74) is 3.32. The lowest BCUT2D eigenvalue weighted by Gasteiger charge is -2.27. The first kappa shape index (κ1) is 20.6. The van der Waals surface area contributed by atoms with Crippen LogP contribution < -0.4 is 9.47 Å². The number of fused-ring (bicyclic) bond motifs is 1. The summed E-state index contributed by atoms with van der Waals surface area (Å²) in [5.74, 6) is 1.57. The molecule has 0 bridgehead atoms. The van der Waals surface area contributed by atoms with E-state index in [4.69, 9.17) is 14.2 Å². The van der Waals surface area contributed by atoms with Crippen molar-refractivity contribution in [3.8, 4) is 11.5 Å². The van der Waals surface area contributed by atoms with Gasteiger partial charge >= 0.3 is 0 Å². The second-order valence-electron chi connectivity index (χ2n) is 8.42. The van der Waals surface area contributed by atoms with Crippen LogP contribution in [0.3, 0.4) is 0 Å². The zero-order valence-corrected chi connectivity index (χ0v) is 17.3. The van der Waals surface area contributed by atoms with Crippen LogP contribution in [-0.4, -0.2) is 41.7 Å². The first-order valence-electron chi connectivity index (χ1n) is 9.77. The molecule has 0 fully saturated rings. The summed E-state index contributed by atoms with van der Waals surface area (Å²) in [4.78, 5) is 2.24. The largest absolute Gasteiger partial charge is 0.454 e. The molecule has 2 aromatic carbocycles. The SMILES string of the molecule is Cc1ccc(CN(Cc2ccc3c(c2)OCO3)C[C@H](O)COC(C)(C)C)cc1. The van der Waals surface area contributed by atoms with E-state index in [1.165, 1.54) is 11.1 Å². The fraction of sp³-hybridized carbons (Fsp3) is 0.478. The lowest BCUT2D eigenvalue weighted by molar-refractivity contribution is -0.0572. The fourth-order valence-corrected chi connectivity index (χ4v) is 3.13. The van der Waals surface area contributed by atoms with E-state index >= 15 is 0 Å². The zero-order chi connectivity index (χ0) is 20.1. The van der Waals surface area contributed by atoms with Crippen molar-refractivity contribution in [3.05, 3.63) is 59.2 Å². The predicted molar refractivity (Wildman–Crippen MR) is 110 cm³/mol. The molecule has 0 spiro atoms. The second-order valence-corrected chi connectivity index (χ2v) is 8.42. The van der Waals surface area contributed by atoms with Gasteiger partial charge in [-0.1, -0.05) is 35.9 Å². The molecule has 0 unspecified atom stereocenters. The van der Waals surface area contributed by atoms with Crippen LogP contribution in [0.5, 0.6) is 11.5 Å². The molecule has 0 amide bonds. The van der Waals surface area contributed by atoms with Crippen LogP contribution in [0.15, 0.2) is 42.5 Å². The van der Waals surface area contributed by atoms with Gasteiger partial charge in [0.15, 0.2) is 11.5 Å². The van der Waals surface area contributed by atoms with E-state index in [1.807, 2.05) is 39.0 Å². The number of aryl methyl sites for hydroxylation is 1. The molecule has 1 atom stereocenters. The Hall–Kier alpha value is -2.08. The summed E-state index contributed by atoms with van der Waals surface area (Å²) < 4.78 is 16.7. The average Bonchev–Trinajstić information content (AvgIpc) is 3.09. The number of hydrogen-bond acceptors (Lipinski definition) is 5. The van der Waals surface area contributed by atoms with Crippen molar-refractivity contribution in [2.45, 2.75) is 52.5 Å². The van der Waals surface area contributed by atoms with Crippen molar-refractivity contribution < 1.29 is 19.3 Å². The molecule has 3 rings (SSSR count). The van der Waals surface area contributed by atoms with Gasteiger partial charge < -0.3 is 19.3 Å². The number of ether oxygens (including phenoxy) is 3. The Morgan fingerprint density at radius 1 is 1.00 bits per heavy atom. The predicted octanol–water partition coefficient (Wildman–Crippen LogP) is 3.90. The van der Waals surface area contributed by atoms with Gasteiger partial charge in [0.25, 0.3) is 0 Å². The average molecular weight is 386 g/mol. The number of aliphatic hydroxyl groups excluding tert-OH is 1. The molecule has 0 saturated carbocycles. The first-order valence-corrected chi connectivity index (χ1v) is 9.77. The molecule has 1 heterocycles. The summed E-state index contributed by atoms with van der Waals surface area (Å²) in [6.45, 7) is 10.6. The van der Waals surface area contributed by atoms with Crippen LogP contribution in [-0.2, 0) is 17.8 Å². The van der Waals surface area contributed by atoms with Gasteiger partial charge in [-0.15, -0.1) is 0 Å². The van der Waals surface area contributed by atoms with E-state index in [2.05, 4.69) is 36.1 Å². The topological polar surface area (TPSA) is 51.2 Å². The number of nitrogens with zero attached hydrogens (tertiary/aromatic N) is 1. The number of benzene rings is 2. The van der Waals surface area contributed by atoms with Crippen LogP contribution >= 0.6 is 0 Å². The van der Waals surface area contributed by atoms with Gasteiger partial charge in [0.2, 0.25) is 6.79 Å². The van der Waals surface area contributed by atoms with Crippen LogP contribution in [0.4, 0.5) is 0 Å². The van der Waals surface area contributed by atoms with Crippen molar-refractivity contribution in [1.29, 1.82) is 0 Å². The van der Waals surface area contributed by atoms with E-state index in [9.17, 15) is 5.11 Å². The number of aliphatic hydroxyl groups is 1. The van der Waals surface area contributed by atoms with Crippen molar-refractivity contribution in [2.75, 3.05) is 19.9 Å². The molecule has 0 aromatic heterocycles. The molecule has 0 saturated heterocycles. The van der Waals surface area contributed by atoms with Gasteiger partial charge in [-0.2, -0.15) is 0 Å². The lowest BCUT2D eigenvalue weighted by Crippen LogP contribution is -2.36. The van der Waals surface area contributed by atoms with Gasteiger partial charge in [-0.05, 0) is 51.0 Å². The normalized spacial score (nSPS) is 14.5. The second kappa shape index (κ2) is 8.95. The minimum atomic E-state index is -0.557. The Bertz CT molecular complexity index is 767. The summed E-state index contributed by atoms with van der Waals surface area (Å²) in [6, 6.07) is 14.5. The Morgan fingerprint density at radius 2 is 1.64 bits per heavy atom. The summed E-state index contributed by atoms with van der Waals surface area (Å²) in [6.07, 6.45) is -0.557. The third kappa shape index (κ3) is 6.23. The molecule has 28 heavy (non-hydrogen) atoms. The van der Waals surface area contributed by atoms with Gasteiger partial charge in [-0.25, -0.2) is 0 Å². The monoisotopic (exact) mass is 385 g/mol. The highest BCUT2D eigenvalue weighted by Crippen LogP contribution is 2.33. The smallest absolute Gasteiger partial charge is 0.231 e. The Balaban J connectivity index is 1.69. The summed E-state index contributed by atoms with van der Waals surface area (Å²) in [5, 5.41) is 10.5. The molecule has 5 nitrogen and oxygen atoms in total. The van der Waals surface area contributed by atoms with Gasteiger partial charge in [0.05, 0.1) is 18.3 Å². The van der Waals surface area contributed by atoms with Crippen molar-refractivity contribution in [1.82, 2.24) is 4.90 Å². The number of rotatable bonds is 8. The van der Waals surface area contributed by atoms with Gasteiger partial charge in [-0.3, -0.25) is 4.90 Å². The highest BCUT2D eigenvalue weighted by molar-refractivity contribution is 5.44. The molecule has 0 aliphatic carbocycles. The van der Waals surface area contributed by atoms with E-state index in [0.29, 0.717) is 19.7 Å². The van der Waals surface area contributed by atoms with Crippen molar-refractivity contribution in [3.63, 3.8) is 0 Å². The molecule has 1 aliphatic rings. The van der Waals surface area contributed by atoms with Crippen LogP contribution in [0.25, 0.3) is 0 Å². The zero-order valence-electron chi connectivity index (χ0n) is 17.3. The molecule has 0 radical (unpaired) electrons. The molecular weight excluding hydrogens is 354 g/mol.